The molecule has 0 heterocycles. The van der Waals surface area contributed by atoms with E-state index in [0.717, 1.165) is 5.56 Å². The highest BCUT2D eigenvalue weighted by molar-refractivity contribution is 6.33. The lowest BCUT2D eigenvalue weighted by Crippen LogP contribution is -2.00. The SMILES string of the molecule is Cc1ccc(C(=O)O)c(-c2cc(C)c(F)cc2Cl)c1. The fourth-order valence-corrected chi connectivity index (χ4v) is 2.18. The molecule has 1 N–H and O–H groups in total. The van der Waals surface area contributed by atoms with E-state index in [1.807, 2.05) is 6.92 Å². The van der Waals surface area contributed by atoms with Crippen molar-refractivity contribution in [1.82, 2.24) is 0 Å². The fraction of sp³-hybridized carbons (Fsp3) is 0.133. The van der Waals surface area contributed by atoms with Gasteiger partial charge in [-0.1, -0.05) is 29.3 Å². The minimum absolute atomic E-state index is 0.151. The normalized spacial score (nSPS) is 10.5. The Labute approximate surface area is 115 Å². The highest BCUT2D eigenvalue weighted by Crippen LogP contribution is 2.33. The van der Waals surface area contributed by atoms with Crippen molar-refractivity contribution in [2.75, 3.05) is 0 Å². The zero-order valence-corrected chi connectivity index (χ0v) is 11.3. The van der Waals surface area contributed by atoms with Crippen LogP contribution >= 0.6 is 11.6 Å². The van der Waals surface area contributed by atoms with E-state index in [0.29, 0.717) is 16.7 Å². The lowest BCUT2D eigenvalue weighted by molar-refractivity contribution is 0.0697. The predicted molar refractivity (Wildman–Crippen MR) is 73.3 cm³/mol. The van der Waals surface area contributed by atoms with E-state index in [4.69, 9.17) is 11.6 Å². The second-order valence-electron chi connectivity index (χ2n) is 4.44. The van der Waals surface area contributed by atoms with Gasteiger partial charge in [0.25, 0.3) is 0 Å². The smallest absolute Gasteiger partial charge is 0.336 e. The van der Waals surface area contributed by atoms with Crippen LogP contribution in [0.25, 0.3) is 11.1 Å². The largest absolute Gasteiger partial charge is 0.478 e. The van der Waals surface area contributed by atoms with E-state index in [9.17, 15) is 14.3 Å². The van der Waals surface area contributed by atoms with Crippen LogP contribution in [0.15, 0.2) is 30.3 Å². The molecule has 98 valence electrons. The minimum Gasteiger partial charge on any atom is -0.478 e. The van der Waals surface area contributed by atoms with Crippen LogP contribution in [0.2, 0.25) is 5.02 Å². The first-order valence-corrected chi connectivity index (χ1v) is 6.08. The number of aromatic carboxylic acids is 1. The van der Waals surface area contributed by atoms with Gasteiger partial charge < -0.3 is 5.11 Å². The quantitative estimate of drug-likeness (QED) is 0.880. The number of rotatable bonds is 2. The first-order valence-electron chi connectivity index (χ1n) is 5.70. The third kappa shape index (κ3) is 2.61. The number of carboxylic acid groups (broad SMARTS) is 1. The summed E-state index contributed by atoms with van der Waals surface area (Å²) in [5, 5.41) is 9.42. The lowest BCUT2D eigenvalue weighted by Gasteiger charge is -2.11. The Bertz CT molecular complexity index is 665. The van der Waals surface area contributed by atoms with Gasteiger partial charge in [-0.2, -0.15) is 0 Å². The van der Waals surface area contributed by atoms with Crippen LogP contribution < -0.4 is 0 Å². The third-order valence-electron chi connectivity index (χ3n) is 2.94. The van der Waals surface area contributed by atoms with E-state index in [1.54, 1.807) is 25.1 Å². The van der Waals surface area contributed by atoms with Gasteiger partial charge in [0.1, 0.15) is 5.82 Å². The van der Waals surface area contributed by atoms with Crippen molar-refractivity contribution in [2.45, 2.75) is 13.8 Å². The van der Waals surface area contributed by atoms with Crippen molar-refractivity contribution in [3.05, 3.63) is 57.9 Å². The highest BCUT2D eigenvalue weighted by atomic mass is 35.5. The Kier molecular flexibility index (Phi) is 3.58. The monoisotopic (exact) mass is 278 g/mol. The Morgan fingerprint density at radius 1 is 1.16 bits per heavy atom. The zero-order chi connectivity index (χ0) is 14.2. The molecule has 0 atom stereocenters. The molecule has 2 rings (SSSR count). The molecule has 2 nitrogen and oxygen atoms in total. The van der Waals surface area contributed by atoms with Crippen molar-refractivity contribution >= 4 is 17.6 Å². The minimum atomic E-state index is -1.03. The van der Waals surface area contributed by atoms with Crippen molar-refractivity contribution in [3.63, 3.8) is 0 Å². The highest BCUT2D eigenvalue weighted by Gasteiger charge is 2.15. The summed E-state index contributed by atoms with van der Waals surface area (Å²) < 4.78 is 13.4. The molecule has 2 aromatic carbocycles. The van der Waals surface area contributed by atoms with E-state index in [-0.39, 0.29) is 10.6 Å². The fourth-order valence-electron chi connectivity index (χ4n) is 1.93. The van der Waals surface area contributed by atoms with Gasteiger partial charge >= 0.3 is 5.97 Å². The van der Waals surface area contributed by atoms with Crippen LogP contribution in [0, 0.1) is 19.7 Å². The lowest BCUT2D eigenvalue weighted by atomic mass is 9.96. The number of halogens is 2. The average molecular weight is 279 g/mol. The first-order chi connectivity index (χ1) is 8.90. The predicted octanol–water partition coefficient (Wildman–Crippen LogP) is 4.46. The topological polar surface area (TPSA) is 37.3 Å². The molecule has 0 bridgehead atoms. The summed E-state index contributed by atoms with van der Waals surface area (Å²) in [5.41, 5.74) is 2.52. The molecular formula is C15H12ClFO2. The van der Waals surface area contributed by atoms with Gasteiger partial charge in [0, 0.05) is 5.56 Å². The van der Waals surface area contributed by atoms with Crippen molar-refractivity contribution in [1.29, 1.82) is 0 Å². The van der Waals surface area contributed by atoms with Gasteiger partial charge in [0.2, 0.25) is 0 Å². The molecule has 0 aliphatic heterocycles. The number of carboxylic acids is 1. The summed E-state index contributed by atoms with van der Waals surface area (Å²) in [6, 6.07) is 7.76. The average Bonchev–Trinajstić information content (AvgIpc) is 2.33. The molecule has 4 heteroatoms. The molecule has 0 spiro atoms. The van der Waals surface area contributed by atoms with Gasteiger partial charge in [-0.15, -0.1) is 0 Å². The number of benzene rings is 2. The molecular weight excluding hydrogens is 267 g/mol. The summed E-state index contributed by atoms with van der Waals surface area (Å²) in [6.07, 6.45) is 0. The molecule has 0 aromatic heterocycles. The number of hydrogen-bond donors (Lipinski definition) is 1. The molecule has 0 radical (unpaired) electrons. The number of hydrogen-bond acceptors (Lipinski definition) is 1. The van der Waals surface area contributed by atoms with E-state index in [1.165, 1.54) is 12.1 Å². The van der Waals surface area contributed by atoms with Crippen LogP contribution in [0.5, 0.6) is 0 Å². The molecule has 0 amide bonds. The van der Waals surface area contributed by atoms with E-state index < -0.39 is 11.8 Å². The molecule has 0 saturated carbocycles. The maximum absolute atomic E-state index is 13.4. The van der Waals surface area contributed by atoms with Gasteiger partial charge in [0.05, 0.1) is 10.6 Å². The third-order valence-corrected chi connectivity index (χ3v) is 3.26. The molecule has 0 aliphatic rings. The maximum Gasteiger partial charge on any atom is 0.336 e. The molecule has 2 aromatic rings. The number of carbonyl (C=O) groups is 1. The summed E-state index contributed by atoms with van der Waals surface area (Å²) in [7, 11) is 0. The molecule has 0 unspecified atom stereocenters. The molecule has 0 fully saturated rings. The zero-order valence-electron chi connectivity index (χ0n) is 10.5. The van der Waals surface area contributed by atoms with Crippen molar-refractivity contribution in [2.24, 2.45) is 0 Å². The Morgan fingerprint density at radius 2 is 1.84 bits per heavy atom. The van der Waals surface area contributed by atoms with Crippen molar-refractivity contribution in [3.8, 4) is 11.1 Å². The van der Waals surface area contributed by atoms with Crippen LogP contribution in [-0.4, -0.2) is 11.1 Å². The van der Waals surface area contributed by atoms with Crippen molar-refractivity contribution < 1.29 is 14.3 Å². The van der Waals surface area contributed by atoms with Crippen LogP contribution in [0.3, 0.4) is 0 Å². The summed E-state index contributed by atoms with van der Waals surface area (Å²) in [5.74, 6) is -1.44. The second kappa shape index (κ2) is 5.02. The van der Waals surface area contributed by atoms with Crippen LogP contribution in [0.4, 0.5) is 4.39 Å². The van der Waals surface area contributed by atoms with E-state index >= 15 is 0 Å². The van der Waals surface area contributed by atoms with Gasteiger partial charge in [-0.05, 0) is 43.2 Å². The van der Waals surface area contributed by atoms with Gasteiger partial charge in [0.15, 0.2) is 0 Å². The van der Waals surface area contributed by atoms with Crippen LogP contribution in [-0.2, 0) is 0 Å². The Hall–Kier alpha value is -1.87. The van der Waals surface area contributed by atoms with E-state index in [2.05, 4.69) is 0 Å². The Morgan fingerprint density at radius 3 is 2.47 bits per heavy atom. The second-order valence-corrected chi connectivity index (χ2v) is 4.84. The molecule has 0 saturated heterocycles. The molecule has 0 aliphatic carbocycles. The molecule has 19 heavy (non-hydrogen) atoms. The summed E-state index contributed by atoms with van der Waals surface area (Å²) in [6.45, 7) is 3.48. The van der Waals surface area contributed by atoms with Crippen LogP contribution in [0.1, 0.15) is 21.5 Å². The Balaban J connectivity index is 2.74. The maximum atomic E-state index is 13.4. The summed E-state index contributed by atoms with van der Waals surface area (Å²) in [4.78, 5) is 11.3. The first kappa shape index (κ1) is 13.6. The number of aryl methyl sites for hydroxylation is 2. The van der Waals surface area contributed by atoms with Gasteiger partial charge in [-0.25, -0.2) is 9.18 Å². The summed E-state index contributed by atoms with van der Waals surface area (Å²) >= 11 is 6.03. The standard InChI is InChI=1S/C15H12ClFO2/c1-8-3-4-10(15(18)19)11(5-8)12-6-9(2)14(17)7-13(12)16/h3-7H,1-2H3,(H,18,19). The van der Waals surface area contributed by atoms with Gasteiger partial charge in [-0.3, -0.25) is 0 Å².